The van der Waals surface area contributed by atoms with Crippen molar-refractivity contribution in [2.24, 2.45) is 4.99 Å². The molecule has 0 saturated carbocycles. The average Bonchev–Trinajstić information content (AvgIpc) is 3.65. The van der Waals surface area contributed by atoms with Crippen LogP contribution in [0.3, 0.4) is 0 Å². The van der Waals surface area contributed by atoms with Crippen LogP contribution in [-0.2, 0) is 17.3 Å². The highest BCUT2D eigenvalue weighted by atomic mass is 14.7. The van der Waals surface area contributed by atoms with Crippen molar-refractivity contribution in [3.05, 3.63) is 280 Å². The second kappa shape index (κ2) is 15.8. The number of hydrogen-bond donors (Lipinski definition) is 0. The lowest BCUT2D eigenvalue weighted by Crippen LogP contribution is -2.41. The number of aliphatic imine (C=N–C) groups is 1. The molecule has 3 aliphatic rings. The van der Waals surface area contributed by atoms with Gasteiger partial charge in [0.05, 0.1) is 11.1 Å². The zero-order chi connectivity index (χ0) is 42.4. The van der Waals surface area contributed by atoms with Crippen LogP contribution in [0.25, 0.3) is 39.1 Å². The number of allylic oxidation sites excluding steroid dienone is 5. The Morgan fingerprint density at radius 1 is 0.492 bits per heavy atom. The minimum Gasteiger partial charge on any atom is -0.256 e. The van der Waals surface area contributed by atoms with Gasteiger partial charge in [0.15, 0.2) is 0 Å². The summed E-state index contributed by atoms with van der Waals surface area (Å²) in [7, 11) is 0. The minimum absolute atomic E-state index is 0.146. The Labute approximate surface area is 372 Å². The molecule has 8 aromatic rings. The van der Waals surface area contributed by atoms with Crippen LogP contribution in [0.5, 0.6) is 0 Å². The molecule has 0 fully saturated rings. The highest BCUT2D eigenvalue weighted by molar-refractivity contribution is 6.03. The molecule has 0 unspecified atom stereocenters. The van der Waals surface area contributed by atoms with Gasteiger partial charge in [-0.1, -0.05) is 226 Å². The molecule has 0 heterocycles. The largest absolute Gasteiger partial charge is 0.256 e. The monoisotopic (exact) mass is 807 g/mol. The first-order valence-electron chi connectivity index (χ1n) is 22.4. The Morgan fingerprint density at radius 3 is 1.68 bits per heavy atom. The summed E-state index contributed by atoms with van der Waals surface area (Å²) >= 11 is 0. The van der Waals surface area contributed by atoms with Crippen molar-refractivity contribution in [1.82, 2.24) is 0 Å². The van der Waals surface area contributed by atoms with Crippen LogP contribution in [0.1, 0.15) is 82.3 Å². The molecule has 1 heteroatoms. The molecule has 1 nitrogen and oxygen atoms in total. The molecule has 0 bridgehead atoms. The Morgan fingerprint density at radius 2 is 1.02 bits per heavy atom. The Balaban J connectivity index is 1.07. The molecule has 302 valence electrons. The van der Waals surface area contributed by atoms with Crippen molar-refractivity contribution in [2.45, 2.75) is 43.9 Å². The van der Waals surface area contributed by atoms with Crippen LogP contribution in [0.2, 0.25) is 0 Å². The molecular formula is C62H49N. The number of benzene rings is 8. The van der Waals surface area contributed by atoms with Crippen molar-refractivity contribution in [2.75, 3.05) is 0 Å². The van der Waals surface area contributed by atoms with E-state index in [1.54, 1.807) is 0 Å². The molecule has 0 saturated heterocycles. The number of hydrogen-bond acceptors (Lipinski definition) is 1. The first kappa shape index (κ1) is 38.6. The molecule has 0 atom stereocenters. The van der Waals surface area contributed by atoms with Crippen LogP contribution < -0.4 is 0 Å². The summed E-state index contributed by atoms with van der Waals surface area (Å²) < 4.78 is 0. The van der Waals surface area contributed by atoms with E-state index in [-0.39, 0.29) is 5.41 Å². The molecule has 3 aliphatic carbocycles. The van der Waals surface area contributed by atoms with Gasteiger partial charge in [-0.25, -0.2) is 0 Å². The zero-order valence-corrected chi connectivity index (χ0v) is 35.9. The van der Waals surface area contributed by atoms with E-state index in [0.717, 1.165) is 36.1 Å². The van der Waals surface area contributed by atoms with E-state index in [2.05, 4.69) is 238 Å². The van der Waals surface area contributed by atoms with E-state index >= 15 is 0 Å². The summed E-state index contributed by atoms with van der Waals surface area (Å²) in [6.45, 7) is 4.80. The van der Waals surface area contributed by atoms with Crippen molar-refractivity contribution >= 4 is 23.1 Å². The number of fused-ring (bicyclic) bond motifs is 8. The van der Waals surface area contributed by atoms with Gasteiger partial charge < -0.3 is 0 Å². The average molecular weight is 808 g/mol. The second-order valence-corrected chi connectivity index (χ2v) is 17.7. The smallest absolute Gasteiger partial charge is 0.0682 e. The van der Waals surface area contributed by atoms with Gasteiger partial charge >= 0.3 is 0 Å². The molecular weight excluding hydrogens is 759 g/mol. The molecule has 0 aliphatic heterocycles. The van der Waals surface area contributed by atoms with Gasteiger partial charge in [-0.3, -0.25) is 4.99 Å². The first-order chi connectivity index (χ1) is 31.0. The predicted molar refractivity (Wildman–Crippen MR) is 265 cm³/mol. The van der Waals surface area contributed by atoms with Gasteiger partial charge in [-0.15, -0.1) is 0 Å². The maximum absolute atomic E-state index is 5.37. The number of nitrogens with zero attached hydrogens (tertiary/aromatic N) is 1. The third kappa shape index (κ3) is 6.59. The quantitative estimate of drug-likeness (QED) is 0.136. The highest BCUT2D eigenvalue weighted by Crippen LogP contribution is 2.64. The molecule has 0 N–H and O–H groups in total. The standard InChI is InChI=1S/C62H49N/c1-61(2)54-27-12-14-29-56(54)62(57-30-15-13-28-55(57)61)53-38-37-50(46-35-33-45(34-36-46)49-25-16-24-48(40-49)44-20-8-4-9-21-44)41-52(53)60-51(26-17-31-58(60)62)42-63-59(47-22-10-5-11-23-47)39-32-43-18-6-3-7-19-43/h3-31,33-36,39-42H,32,37-38H2,1-2H3/b59-39-,63-42?. The lowest BCUT2D eigenvalue weighted by Gasteiger charge is -2.48. The number of rotatable bonds is 8. The van der Waals surface area contributed by atoms with Crippen LogP contribution in [0, 0.1) is 0 Å². The Hall–Kier alpha value is -7.35. The fourth-order valence-electron chi connectivity index (χ4n) is 10.8. The summed E-state index contributed by atoms with van der Waals surface area (Å²) in [5, 5.41) is 0. The minimum atomic E-state index is -0.418. The van der Waals surface area contributed by atoms with E-state index in [4.69, 9.17) is 4.99 Å². The van der Waals surface area contributed by atoms with Crippen molar-refractivity contribution in [3.8, 4) is 22.3 Å². The molecule has 11 rings (SSSR count). The van der Waals surface area contributed by atoms with Gasteiger partial charge in [-0.05, 0) is 114 Å². The molecule has 63 heavy (non-hydrogen) atoms. The zero-order valence-electron chi connectivity index (χ0n) is 35.9. The second-order valence-electron chi connectivity index (χ2n) is 17.7. The van der Waals surface area contributed by atoms with Gasteiger partial charge in [0.2, 0.25) is 0 Å². The summed E-state index contributed by atoms with van der Waals surface area (Å²) in [5.74, 6) is 0. The van der Waals surface area contributed by atoms with E-state index in [0.29, 0.717) is 0 Å². The van der Waals surface area contributed by atoms with Crippen molar-refractivity contribution in [1.29, 1.82) is 0 Å². The van der Waals surface area contributed by atoms with Gasteiger partial charge in [-0.2, -0.15) is 0 Å². The van der Waals surface area contributed by atoms with Crippen LogP contribution in [0.15, 0.2) is 229 Å². The van der Waals surface area contributed by atoms with E-state index in [1.807, 2.05) is 0 Å². The highest BCUT2D eigenvalue weighted by Gasteiger charge is 2.54. The molecule has 1 spiro atoms. The van der Waals surface area contributed by atoms with E-state index < -0.39 is 5.41 Å². The van der Waals surface area contributed by atoms with Crippen LogP contribution in [0.4, 0.5) is 0 Å². The Kier molecular flexibility index (Phi) is 9.70. The van der Waals surface area contributed by atoms with Crippen molar-refractivity contribution < 1.29 is 0 Å². The van der Waals surface area contributed by atoms with Crippen LogP contribution in [-0.4, -0.2) is 6.21 Å². The fraction of sp³-hybridized carbons (Fsp3) is 0.113. The third-order valence-electron chi connectivity index (χ3n) is 13.9. The van der Waals surface area contributed by atoms with E-state index in [1.165, 1.54) is 83.5 Å². The summed E-state index contributed by atoms with van der Waals surface area (Å²) in [5.41, 5.74) is 22.6. The first-order valence-corrected chi connectivity index (χ1v) is 22.4. The van der Waals surface area contributed by atoms with Crippen molar-refractivity contribution in [3.63, 3.8) is 0 Å². The van der Waals surface area contributed by atoms with Gasteiger partial charge in [0.25, 0.3) is 0 Å². The Bertz CT molecular complexity index is 3070. The summed E-state index contributed by atoms with van der Waals surface area (Å²) in [6.07, 6.45) is 9.67. The lowest BCUT2D eigenvalue weighted by atomic mass is 9.54. The molecule has 0 amide bonds. The SMILES string of the molecule is CC1(C)c2ccccc2C2(C3=C(C=C(c4ccc(-c5cccc(-c6ccccc6)c5)cc4)CC3)c3c(C=N/C(=C\Cc4ccccc4)c4ccccc4)cccc32)c2ccccc21. The van der Waals surface area contributed by atoms with Crippen LogP contribution >= 0.6 is 0 Å². The van der Waals surface area contributed by atoms with Gasteiger partial charge in [0.1, 0.15) is 0 Å². The maximum Gasteiger partial charge on any atom is 0.0682 e. The fourth-order valence-corrected chi connectivity index (χ4v) is 10.8. The predicted octanol–water partition coefficient (Wildman–Crippen LogP) is 15.3. The molecule has 0 aromatic heterocycles. The normalized spacial score (nSPS) is 15.7. The maximum atomic E-state index is 5.37. The third-order valence-corrected chi connectivity index (χ3v) is 13.9. The molecule has 8 aromatic carbocycles. The van der Waals surface area contributed by atoms with E-state index in [9.17, 15) is 0 Å². The topological polar surface area (TPSA) is 12.4 Å². The lowest BCUT2D eigenvalue weighted by molar-refractivity contribution is 0.550. The summed E-state index contributed by atoms with van der Waals surface area (Å²) in [4.78, 5) is 5.37. The molecule has 0 radical (unpaired) electrons. The van der Waals surface area contributed by atoms with Gasteiger partial charge in [0, 0.05) is 17.2 Å². The summed E-state index contributed by atoms with van der Waals surface area (Å²) in [6, 6.07) is 75.6.